The maximum atomic E-state index is 11.8. The molecular formula is C43H78O12. The summed E-state index contributed by atoms with van der Waals surface area (Å²) in [6, 6.07) is 0. The van der Waals surface area contributed by atoms with Gasteiger partial charge in [-0.3, -0.25) is 4.79 Å². The molecule has 6 N–H and O–H groups in total. The van der Waals surface area contributed by atoms with Gasteiger partial charge in [0.1, 0.15) is 24.4 Å². The first-order valence-electron chi connectivity index (χ1n) is 22.4. The summed E-state index contributed by atoms with van der Waals surface area (Å²) in [5.74, 6) is 0.115. The molecule has 0 spiro atoms. The van der Waals surface area contributed by atoms with Crippen molar-refractivity contribution in [2.75, 3.05) is 6.61 Å². The number of carbonyl (C=O) groups is 1. The van der Waals surface area contributed by atoms with Gasteiger partial charge in [-0.1, -0.05) is 96.8 Å². The SMILES string of the molecule is CCCCCC[C@H](O)CCC[C@H](O[C@@H]1O[C@H](CO)[C@@H](O)[C@H](O)[C@H]1O)[C@H]1CC[C@H]([C@H]2CC[C@H]([C@H](O)CCCCCCCCCCCC[C@@H]3C[C@H](C)OC3=O)O2)O1. The zero-order chi connectivity index (χ0) is 39.6. The van der Waals surface area contributed by atoms with E-state index in [1.807, 2.05) is 6.92 Å². The van der Waals surface area contributed by atoms with Crippen LogP contribution in [0.3, 0.4) is 0 Å². The number of esters is 1. The smallest absolute Gasteiger partial charge is 0.309 e. The van der Waals surface area contributed by atoms with E-state index in [-0.39, 0.29) is 42.4 Å². The van der Waals surface area contributed by atoms with Crippen molar-refractivity contribution in [2.24, 2.45) is 5.92 Å². The number of cyclic esters (lactones) is 1. The molecule has 4 saturated heterocycles. The van der Waals surface area contributed by atoms with Crippen molar-refractivity contribution < 1.29 is 59.1 Å². The Balaban J connectivity index is 1.11. The third-order valence-electron chi connectivity index (χ3n) is 12.6. The highest BCUT2D eigenvalue weighted by molar-refractivity contribution is 5.74. The molecule has 4 fully saturated rings. The Morgan fingerprint density at radius 1 is 0.673 bits per heavy atom. The quantitative estimate of drug-likeness (QED) is 0.0417. The third-order valence-corrected chi connectivity index (χ3v) is 12.6. The van der Waals surface area contributed by atoms with E-state index in [4.69, 9.17) is 23.7 Å². The molecule has 4 rings (SSSR count). The van der Waals surface area contributed by atoms with E-state index < -0.39 is 55.6 Å². The van der Waals surface area contributed by atoms with Gasteiger partial charge in [0.15, 0.2) is 6.29 Å². The molecule has 55 heavy (non-hydrogen) atoms. The van der Waals surface area contributed by atoms with Gasteiger partial charge in [0, 0.05) is 0 Å². The van der Waals surface area contributed by atoms with E-state index in [9.17, 15) is 35.4 Å². The van der Waals surface area contributed by atoms with Crippen LogP contribution in [0.15, 0.2) is 0 Å². The molecule has 4 heterocycles. The highest BCUT2D eigenvalue weighted by atomic mass is 16.7. The predicted octanol–water partition coefficient (Wildman–Crippen LogP) is 5.76. The second-order valence-corrected chi connectivity index (χ2v) is 17.2. The lowest BCUT2D eigenvalue weighted by molar-refractivity contribution is -0.318. The van der Waals surface area contributed by atoms with Gasteiger partial charge in [-0.05, 0) is 77.6 Å². The van der Waals surface area contributed by atoms with E-state index >= 15 is 0 Å². The fourth-order valence-electron chi connectivity index (χ4n) is 9.10. The van der Waals surface area contributed by atoms with Crippen LogP contribution in [0.5, 0.6) is 0 Å². The number of aliphatic hydroxyl groups is 6. The van der Waals surface area contributed by atoms with Crippen molar-refractivity contribution in [1.29, 1.82) is 0 Å². The fourth-order valence-corrected chi connectivity index (χ4v) is 9.10. The number of carbonyl (C=O) groups excluding carboxylic acids is 1. The van der Waals surface area contributed by atoms with Gasteiger partial charge in [-0.25, -0.2) is 0 Å². The summed E-state index contributed by atoms with van der Waals surface area (Å²) in [5.41, 5.74) is 0. The Morgan fingerprint density at radius 3 is 1.89 bits per heavy atom. The van der Waals surface area contributed by atoms with Crippen LogP contribution in [0.25, 0.3) is 0 Å². The molecule has 0 bridgehead atoms. The van der Waals surface area contributed by atoms with Crippen molar-refractivity contribution >= 4 is 5.97 Å². The van der Waals surface area contributed by atoms with Crippen molar-refractivity contribution in [3.05, 3.63) is 0 Å². The Morgan fingerprint density at radius 2 is 1.25 bits per heavy atom. The Hall–Kier alpha value is -0.930. The minimum atomic E-state index is -1.53. The lowest BCUT2D eigenvalue weighted by Crippen LogP contribution is -2.60. The first-order chi connectivity index (χ1) is 26.6. The summed E-state index contributed by atoms with van der Waals surface area (Å²) in [6.45, 7) is 3.61. The zero-order valence-corrected chi connectivity index (χ0v) is 34.1. The topological polar surface area (TPSA) is 185 Å². The van der Waals surface area contributed by atoms with E-state index in [1.165, 1.54) is 44.9 Å². The Labute approximate surface area is 331 Å². The molecule has 4 aliphatic heterocycles. The number of rotatable bonds is 28. The number of hydrogen-bond donors (Lipinski definition) is 6. The lowest BCUT2D eigenvalue weighted by Gasteiger charge is -2.41. The highest BCUT2D eigenvalue weighted by Gasteiger charge is 2.47. The van der Waals surface area contributed by atoms with Gasteiger partial charge >= 0.3 is 5.97 Å². The summed E-state index contributed by atoms with van der Waals surface area (Å²) >= 11 is 0. The van der Waals surface area contributed by atoms with E-state index in [1.54, 1.807) is 0 Å². The molecule has 0 amide bonds. The first-order valence-corrected chi connectivity index (χ1v) is 22.4. The third kappa shape index (κ3) is 15.6. The molecule has 0 aromatic heterocycles. The van der Waals surface area contributed by atoms with Gasteiger partial charge < -0.3 is 54.3 Å². The Kier molecular flexibility index (Phi) is 21.7. The Bertz CT molecular complexity index is 1030. The van der Waals surface area contributed by atoms with Crippen LogP contribution in [0, 0.1) is 5.92 Å². The number of ether oxygens (including phenoxy) is 5. The fraction of sp³-hybridized carbons (Fsp3) is 0.977. The first kappa shape index (κ1) is 46.8. The van der Waals surface area contributed by atoms with Crippen LogP contribution in [0.2, 0.25) is 0 Å². The summed E-state index contributed by atoms with van der Waals surface area (Å²) in [7, 11) is 0. The minimum Gasteiger partial charge on any atom is -0.462 e. The molecule has 4 aliphatic rings. The standard InChI is InChI=1S/C43H78O12/c1-3-4-5-15-19-31(45)20-17-22-34(54-43-41(49)40(48)39(47)38(28-44)55-43)35-25-26-37(53-35)36-24-23-33(52-36)32(46)21-16-13-11-9-7-6-8-10-12-14-18-30-27-29(2)51-42(30)50/h29-41,43-49H,3-28H2,1-2H3/t29-,30+,31-,32+,33+,34-,35+,36+,37+,38+,39+,40-,41+,43+/m0/s1. The van der Waals surface area contributed by atoms with Crippen molar-refractivity contribution in [1.82, 2.24) is 0 Å². The van der Waals surface area contributed by atoms with E-state index in [0.717, 1.165) is 89.9 Å². The van der Waals surface area contributed by atoms with Gasteiger partial charge in [0.25, 0.3) is 0 Å². The molecule has 322 valence electrons. The van der Waals surface area contributed by atoms with Crippen LogP contribution in [-0.2, 0) is 28.5 Å². The van der Waals surface area contributed by atoms with Crippen LogP contribution in [0.1, 0.15) is 174 Å². The summed E-state index contributed by atoms with van der Waals surface area (Å²) in [5, 5.41) is 62.6. The van der Waals surface area contributed by atoms with Gasteiger partial charge in [0.2, 0.25) is 0 Å². The van der Waals surface area contributed by atoms with E-state index in [0.29, 0.717) is 25.7 Å². The molecule has 0 unspecified atom stereocenters. The summed E-state index contributed by atoms with van der Waals surface area (Å²) in [6.07, 6.45) is 15.6. The number of aliphatic hydroxyl groups excluding tert-OH is 6. The second kappa shape index (κ2) is 25.5. The maximum absolute atomic E-state index is 11.8. The van der Waals surface area contributed by atoms with Crippen molar-refractivity contribution in [3.63, 3.8) is 0 Å². The number of hydrogen-bond acceptors (Lipinski definition) is 12. The molecule has 12 heteroatoms. The highest BCUT2D eigenvalue weighted by Crippen LogP contribution is 2.36. The molecule has 0 aromatic rings. The monoisotopic (exact) mass is 787 g/mol. The van der Waals surface area contributed by atoms with Crippen LogP contribution in [0.4, 0.5) is 0 Å². The summed E-state index contributed by atoms with van der Waals surface area (Å²) < 4.78 is 30.2. The molecule has 0 aliphatic carbocycles. The van der Waals surface area contributed by atoms with Crippen molar-refractivity contribution in [2.45, 2.75) is 254 Å². The molecular weight excluding hydrogens is 708 g/mol. The minimum absolute atomic E-state index is 0.00333. The molecule has 0 aromatic carbocycles. The zero-order valence-electron chi connectivity index (χ0n) is 34.1. The molecule has 0 saturated carbocycles. The normalized spacial score (nSPS) is 34.3. The van der Waals surface area contributed by atoms with Gasteiger partial charge in [-0.2, -0.15) is 0 Å². The van der Waals surface area contributed by atoms with Crippen LogP contribution < -0.4 is 0 Å². The predicted molar refractivity (Wildman–Crippen MR) is 208 cm³/mol. The average Bonchev–Trinajstić information content (AvgIpc) is 3.93. The average molecular weight is 787 g/mol. The van der Waals surface area contributed by atoms with Crippen LogP contribution >= 0.6 is 0 Å². The van der Waals surface area contributed by atoms with Crippen LogP contribution in [-0.4, -0.2) is 123 Å². The second-order valence-electron chi connectivity index (χ2n) is 17.2. The molecule has 12 nitrogen and oxygen atoms in total. The largest absolute Gasteiger partial charge is 0.462 e. The van der Waals surface area contributed by atoms with Gasteiger partial charge in [-0.15, -0.1) is 0 Å². The molecule has 14 atom stereocenters. The van der Waals surface area contributed by atoms with E-state index in [2.05, 4.69) is 6.92 Å². The lowest BCUT2D eigenvalue weighted by atomic mass is 9.97. The summed E-state index contributed by atoms with van der Waals surface area (Å²) in [4.78, 5) is 11.8. The number of unbranched alkanes of at least 4 members (excludes halogenated alkanes) is 12. The van der Waals surface area contributed by atoms with Crippen molar-refractivity contribution in [3.8, 4) is 0 Å². The molecule has 0 radical (unpaired) electrons. The maximum Gasteiger partial charge on any atom is 0.309 e. The van der Waals surface area contributed by atoms with Gasteiger partial charge in [0.05, 0.1) is 61.4 Å².